The Hall–Kier alpha value is -3.49. The Kier molecular flexibility index (Phi) is 3.97. The van der Waals surface area contributed by atoms with E-state index in [9.17, 15) is 9.28 Å². The Morgan fingerprint density at radius 2 is 2.21 bits per heavy atom. The lowest BCUT2D eigenvalue weighted by Crippen LogP contribution is -2.41. The molecule has 0 fully saturated rings. The van der Waals surface area contributed by atoms with Crippen molar-refractivity contribution in [2.45, 2.75) is 32.7 Å². The minimum absolute atomic E-state index is 0.177. The standard InChI is InChI=1S/C20H19FN6O2/c1-3-13-5-4-6-14-9-15(24-27(13)14)18-17-16(26(21)10-22-17)7-8-25(18)20(28)19-12(2)23-11-29-19/h4-6,9-11,18H,3,7-8H2,1-2H3/t18-/m0/s1. The normalized spacial score (nSPS) is 16.4. The average molecular weight is 394 g/mol. The minimum Gasteiger partial charge on any atom is -0.438 e. The van der Waals surface area contributed by atoms with Crippen molar-refractivity contribution < 1.29 is 13.7 Å². The number of fused-ring (bicyclic) bond motifs is 2. The summed E-state index contributed by atoms with van der Waals surface area (Å²) in [6.45, 7) is 4.10. The van der Waals surface area contributed by atoms with Gasteiger partial charge >= 0.3 is 0 Å². The second-order valence-electron chi connectivity index (χ2n) is 7.08. The molecule has 4 aromatic rings. The number of nitrogens with zero attached hydrogens (tertiary/aromatic N) is 6. The van der Waals surface area contributed by atoms with Crippen LogP contribution >= 0.6 is 0 Å². The summed E-state index contributed by atoms with van der Waals surface area (Å²) in [7, 11) is 0. The lowest BCUT2D eigenvalue weighted by atomic mass is 9.99. The van der Waals surface area contributed by atoms with E-state index in [1.807, 2.05) is 28.8 Å². The number of carbonyl (C=O) groups is 1. The lowest BCUT2D eigenvalue weighted by molar-refractivity contribution is 0.0649. The molecule has 1 aliphatic rings. The number of aryl methyl sites for hydroxylation is 2. The van der Waals surface area contributed by atoms with Gasteiger partial charge in [-0.05, 0) is 31.5 Å². The van der Waals surface area contributed by atoms with Crippen LogP contribution in [0.25, 0.3) is 5.52 Å². The number of halogens is 1. The predicted molar refractivity (Wildman–Crippen MR) is 101 cm³/mol. The molecule has 0 aliphatic carbocycles. The highest BCUT2D eigenvalue weighted by Crippen LogP contribution is 2.35. The predicted octanol–water partition coefficient (Wildman–Crippen LogP) is 2.91. The molecule has 1 atom stereocenters. The quantitative estimate of drug-likeness (QED) is 0.534. The molecular weight excluding hydrogens is 375 g/mol. The number of amides is 1. The molecule has 1 aliphatic heterocycles. The molecule has 5 rings (SSSR count). The van der Waals surface area contributed by atoms with E-state index >= 15 is 0 Å². The molecule has 8 nitrogen and oxygen atoms in total. The summed E-state index contributed by atoms with van der Waals surface area (Å²) in [5, 5.41) is 4.76. The van der Waals surface area contributed by atoms with Crippen molar-refractivity contribution in [1.29, 1.82) is 0 Å². The van der Waals surface area contributed by atoms with Crippen LogP contribution in [0, 0.1) is 6.92 Å². The van der Waals surface area contributed by atoms with Crippen molar-refractivity contribution in [2.75, 3.05) is 6.54 Å². The van der Waals surface area contributed by atoms with Crippen LogP contribution in [0.2, 0.25) is 0 Å². The number of carbonyl (C=O) groups excluding carboxylic acids is 1. The zero-order valence-electron chi connectivity index (χ0n) is 16.0. The van der Waals surface area contributed by atoms with E-state index in [4.69, 9.17) is 9.52 Å². The molecule has 0 saturated heterocycles. The number of rotatable bonds is 3. The highest BCUT2D eigenvalue weighted by Gasteiger charge is 2.39. The first-order valence-electron chi connectivity index (χ1n) is 9.49. The van der Waals surface area contributed by atoms with Gasteiger partial charge in [0, 0.05) is 18.7 Å². The van der Waals surface area contributed by atoms with E-state index in [0.717, 1.165) is 24.0 Å². The monoisotopic (exact) mass is 394 g/mol. The third-order valence-electron chi connectivity index (χ3n) is 5.44. The third kappa shape index (κ3) is 2.65. The second kappa shape index (κ2) is 6.54. The fourth-order valence-corrected chi connectivity index (χ4v) is 3.98. The van der Waals surface area contributed by atoms with Gasteiger partial charge in [0.05, 0.1) is 28.3 Å². The van der Waals surface area contributed by atoms with Crippen LogP contribution in [0.5, 0.6) is 0 Å². The molecule has 1 amide bonds. The first-order chi connectivity index (χ1) is 14.1. The fraction of sp³-hybridized carbons (Fsp3) is 0.300. The molecule has 0 bridgehead atoms. The molecule has 0 spiro atoms. The van der Waals surface area contributed by atoms with Gasteiger partial charge in [0.15, 0.2) is 6.39 Å². The second-order valence-corrected chi connectivity index (χ2v) is 7.08. The number of hydrogen-bond acceptors (Lipinski definition) is 5. The highest BCUT2D eigenvalue weighted by atomic mass is 19.2. The van der Waals surface area contributed by atoms with Crippen LogP contribution < -0.4 is 0 Å². The molecule has 148 valence electrons. The molecule has 9 heteroatoms. The van der Waals surface area contributed by atoms with Crippen molar-refractivity contribution in [1.82, 2.24) is 29.3 Å². The number of imidazole rings is 1. The first kappa shape index (κ1) is 17.6. The largest absolute Gasteiger partial charge is 0.438 e. The maximum atomic E-state index is 14.2. The topological polar surface area (TPSA) is 81.5 Å². The van der Waals surface area contributed by atoms with Crippen LogP contribution in [-0.2, 0) is 12.8 Å². The Morgan fingerprint density at radius 3 is 2.97 bits per heavy atom. The third-order valence-corrected chi connectivity index (χ3v) is 5.44. The first-order valence-corrected chi connectivity index (χ1v) is 9.49. The summed E-state index contributed by atoms with van der Waals surface area (Å²) in [5.41, 5.74) is 4.06. The Bertz CT molecular complexity index is 1220. The molecule has 4 aromatic heterocycles. The molecule has 0 aromatic carbocycles. The zero-order chi connectivity index (χ0) is 20.1. The molecule has 0 radical (unpaired) electrons. The Labute approximate surface area is 165 Å². The Balaban J connectivity index is 1.67. The van der Waals surface area contributed by atoms with Gasteiger partial charge in [0.2, 0.25) is 5.76 Å². The number of aromatic nitrogens is 5. The van der Waals surface area contributed by atoms with Crippen LogP contribution in [0.1, 0.15) is 52.0 Å². The van der Waals surface area contributed by atoms with E-state index in [1.165, 1.54) is 6.39 Å². The molecule has 0 N–H and O–H groups in total. The molecule has 5 heterocycles. The summed E-state index contributed by atoms with van der Waals surface area (Å²) in [6, 6.07) is 7.25. The van der Waals surface area contributed by atoms with E-state index < -0.39 is 6.04 Å². The minimum atomic E-state index is -0.614. The average Bonchev–Trinajstić information content (AvgIpc) is 3.44. The summed E-state index contributed by atoms with van der Waals surface area (Å²) >= 11 is 0. The Morgan fingerprint density at radius 1 is 1.34 bits per heavy atom. The van der Waals surface area contributed by atoms with Crippen molar-refractivity contribution >= 4 is 11.4 Å². The van der Waals surface area contributed by atoms with E-state index in [0.29, 0.717) is 40.5 Å². The van der Waals surface area contributed by atoms with Crippen LogP contribution in [0.3, 0.4) is 0 Å². The summed E-state index contributed by atoms with van der Waals surface area (Å²) in [4.78, 5) is 23.7. The maximum absolute atomic E-state index is 14.2. The van der Waals surface area contributed by atoms with E-state index in [1.54, 1.807) is 11.8 Å². The van der Waals surface area contributed by atoms with E-state index in [-0.39, 0.29) is 11.7 Å². The number of hydrogen-bond donors (Lipinski definition) is 0. The van der Waals surface area contributed by atoms with Crippen LogP contribution in [0.4, 0.5) is 4.48 Å². The van der Waals surface area contributed by atoms with Gasteiger partial charge in [-0.1, -0.05) is 17.5 Å². The van der Waals surface area contributed by atoms with Crippen molar-refractivity contribution in [3.63, 3.8) is 0 Å². The van der Waals surface area contributed by atoms with Crippen LogP contribution in [0.15, 0.2) is 41.4 Å². The molecule has 29 heavy (non-hydrogen) atoms. The SMILES string of the molecule is CCc1cccc2cc([C@H]3c4ncn(F)c4CCN3C(=O)c3ocnc3C)nn12. The van der Waals surface area contributed by atoms with Crippen molar-refractivity contribution in [3.8, 4) is 0 Å². The van der Waals surface area contributed by atoms with Gasteiger partial charge in [-0.15, -0.1) is 0 Å². The van der Waals surface area contributed by atoms with Gasteiger partial charge in [-0.25, -0.2) is 14.5 Å². The molecule has 0 saturated carbocycles. The van der Waals surface area contributed by atoms with Crippen molar-refractivity contribution in [3.05, 3.63) is 71.2 Å². The van der Waals surface area contributed by atoms with Gasteiger partial charge in [0.1, 0.15) is 12.4 Å². The van der Waals surface area contributed by atoms with Gasteiger partial charge in [-0.3, -0.25) is 4.79 Å². The highest BCUT2D eigenvalue weighted by molar-refractivity contribution is 5.93. The number of oxazole rings is 1. The molecular formula is C20H19FN6O2. The molecule has 0 unspecified atom stereocenters. The summed E-state index contributed by atoms with van der Waals surface area (Å²) < 4.78 is 21.4. The summed E-state index contributed by atoms with van der Waals surface area (Å²) in [6.07, 6.45) is 3.56. The van der Waals surface area contributed by atoms with E-state index in [2.05, 4.69) is 16.9 Å². The zero-order valence-corrected chi connectivity index (χ0v) is 16.0. The van der Waals surface area contributed by atoms with Gasteiger partial charge in [-0.2, -0.15) is 9.89 Å². The van der Waals surface area contributed by atoms with Crippen molar-refractivity contribution in [2.24, 2.45) is 0 Å². The van der Waals surface area contributed by atoms with Gasteiger partial charge in [0.25, 0.3) is 5.91 Å². The number of pyridine rings is 1. The lowest BCUT2D eigenvalue weighted by Gasteiger charge is -2.33. The summed E-state index contributed by atoms with van der Waals surface area (Å²) in [5.74, 6) is -0.132. The van der Waals surface area contributed by atoms with Gasteiger partial charge < -0.3 is 9.32 Å². The maximum Gasteiger partial charge on any atom is 0.292 e. The fourth-order valence-electron chi connectivity index (χ4n) is 3.98. The smallest absolute Gasteiger partial charge is 0.292 e. The van der Waals surface area contributed by atoms with Crippen LogP contribution in [-0.4, -0.2) is 41.7 Å².